The number of carbonyl (C=O) groups excluding carboxylic acids is 3. The van der Waals surface area contributed by atoms with E-state index in [-0.39, 0.29) is 11.4 Å². The molecule has 1 aliphatic heterocycles. The lowest BCUT2D eigenvalue weighted by molar-refractivity contribution is -0.143. The Balaban J connectivity index is 1.94. The van der Waals surface area contributed by atoms with Gasteiger partial charge in [-0.1, -0.05) is 6.07 Å². The number of hydrogen-bond donors (Lipinski definition) is 2. The van der Waals surface area contributed by atoms with Crippen molar-refractivity contribution in [1.29, 1.82) is 0 Å². The summed E-state index contributed by atoms with van der Waals surface area (Å²) in [5, 5.41) is 9.40. The Morgan fingerprint density at radius 1 is 1.33 bits per heavy atom. The summed E-state index contributed by atoms with van der Waals surface area (Å²) >= 11 is 0. The maximum Gasteiger partial charge on any atom is 0.358 e. The molecule has 0 bridgehead atoms. The van der Waals surface area contributed by atoms with Crippen LogP contribution in [-0.2, 0) is 21.4 Å². The first kappa shape index (κ1) is 18.4. The van der Waals surface area contributed by atoms with Gasteiger partial charge in [-0.05, 0) is 38.5 Å². The van der Waals surface area contributed by atoms with E-state index < -0.39 is 23.4 Å². The maximum atomic E-state index is 12.9. The molecule has 27 heavy (non-hydrogen) atoms. The van der Waals surface area contributed by atoms with Crippen LogP contribution in [-0.4, -0.2) is 40.3 Å². The molecule has 2 aromatic rings. The summed E-state index contributed by atoms with van der Waals surface area (Å²) in [6.45, 7) is 4.88. The maximum absolute atomic E-state index is 12.9. The third-order valence-electron chi connectivity index (χ3n) is 4.40. The number of fused-ring (bicyclic) bond motifs is 1. The van der Waals surface area contributed by atoms with Crippen LogP contribution in [0.1, 0.15) is 28.7 Å². The summed E-state index contributed by atoms with van der Waals surface area (Å²) in [4.78, 5) is 37.5. The Bertz CT molecular complexity index is 965. The van der Waals surface area contributed by atoms with Crippen LogP contribution < -0.4 is 15.4 Å². The minimum atomic E-state index is -1.82. The fraction of sp³-hybridized carbons (Fsp3) is 0.333. The van der Waals surface area contributed by atoms with Crippen LogP contribution in [0.2, 0.25) is 0 Å². The van der Waals surface area contributed by atoms with Crippen molar-refractivity contribution < 1.29 is 23.9 Å². The van der Waals surface area contributed by atoms with E-state index in [2.05, 4.69) is 15.7 Å². The molecule has 0 radical (unpaired) electrons. The average molecular weight is 372 g/mol. The van der Waals surface area contributed by atoms with Gasteiger partial charge in [0, 0.05) is 7.05 Å². The van der Waals surface area contributed by atoms with Crippen molar-refractivity contribution in [3.8, 4) is 5.75 Å². The summed E-state index contributed by atoms with van der Waals surface area (Å²) in [6, 6.07) is 5.26. The van der Waals surface area contributed by atoms with Crippen LogP contribution in [0.3, 0.4) is 0 Å². The highest BCUT2D eigenvalue weighted by Gasteiger charge is 2.48. The summed E-state index contributed by atoms with van der Waals surface area (Å²) < 4.78 is 11.8. The van der Waals surface area contributed by atoms with Gasteiger partial charge in [0.25, 0.3) is 17.4 Å². The lowest BCUT2D eigenvalue weighted by Crippen LogP contribution is -2.56. The van der Waals surface area contributed by atoms with Gasteiger partial charge in [-0.2, -0.15) is 5.10 Å². The second kappa shape index (κ2) is 6.42. The van der Waals surface area contributed by atoms with Gasteiger partial charge in [0.15, 0.2) is 5.69 Å². The molecule has 0 saturated carbocycles. The zero-order chi connectivity index (χ0) is 19.9. The Morgan fingerprint density at radius 2 is 2.04 bits per heavy atom. The third kappa shape index (κ3) is 3.01. The van der Waals surface area contributed by atoms with Crippen LogP contribution in [0.4, 0.5) is 11.4 Å². The quantitative estimate of drug-likeness (QED) is 0.625. The van der Waals surface area contributed by atoms with E-state index in [9.17, 15) is 14.4 Å². The second-order valence-electron chi connectivity index (χ2n) is 6.47. The number of rotatable bonds is 3. The Hall–Kier alpha value is -3.36. The van der Waals surface area contributed by atoms with Crippen molar-refractivity contribution in [1.82, 2.24) is 9.78 Å². The van der Waals surface area contributed by atoms with E-state index in [0.717, 1.165) is 5.56 Å². The number of nitrogens with zero attached hydrogens (tertiary/aromatic N) is 2. The molecule has 1 unspecified atom stereocenters. The fourth-order valence-corrected chi connectivity index (χ4v) is 2.86. The molecule has 2 amide bonds. The number of ether oxygens (including phenoxy) is 2. The summed E-state index contributed by atoms with van der Waals surface area (Å²) in [6.07, 6.45) is 0. The number of aryl methyl sites for hydroxylation is 3. The monoisotopic (exact) mass is 372 g/mol. The molecule has 1 aromatic carbocycles. The standard InChI is InChI=1S/C18H20N4O5/c1-9-6-7-12-11(8-9)19-16(24)18(3,27-12)17(25)20-13-10(2)21-22(4)14(13)15(23)26-5/h6-8H,1-5H3,(H,19,24)(H,20,25). The van der Waals surface area contributed by atoms with Crippen LogP contribution in [0, 0.1) is 13.8 Å². The first-order valence-electron chi connectivity index (χ1n) is 8.22. The van der Waals surface area contributed by atoms with Gasteiger partial charge in [0.2, 0.25) is 0 Å². The molecule has 0 aliphatic carbocycles. The normalized spacial score (nSPS) is 18.2. The third-order valence-corrected chi connectivity index (χ3v) is 4.40. The number of carbonyl (C=O) groups is 3. The van der Waals surface area contributed by atoms with Crippen LogP contribution in [0.25, 0.3) is 0 Å². The number of nitrogens with one attached hydrogen (secondary N) is 2. The molecule has 0 saturated heterocycles. The van der Waals surface area contributed by atoms with Gasteiger partial charge in [-0.25, -0.2) is 4.79 Å². The fourth-order valence-electron chi connectivity index (χ4n) is 2.86. The predicted octanol–water partition coefficient (Wildman–Crippen LogP) is 1.55. The zero-order valence-corrected chi connectivity index (χ0v) is 15.7. The van der Waals surface area contributed by atoms with Crippen LogP contribution in [0.15, 0.2) is 18.2 Å². The van der Waals surface area contributed by atoms with Gasteiger partial charge >= 0.3 is 5.97 Å². The van der Waals surface area contributed by atoms with Gasteiger partial charge in [0.05, 0.1) is 24.2 Å². The number of benzene rings is 1. The molecule has 3 rings (SSSR count). The minimum Gasteiger partial charge on any atom is -0.466 e. The predicted molar refractivity (Wildman–Crippen MR) is 96.8 cm³/mol. The molecule has 1 aliphatic rings. The highest BCUT2D eigenvalue weighted by Crippen LogP contribution is 2.35. The smallest absolute Gasteiger partial charge is 0.358 e. The second-order valence-corrected chi connectivity index (χ2v) is 6.47. The molecule has 9 heteroatoms. The number of anilines is 2. The van der Waals surface area contributed by atoms with Gasteiger partial charge in [-0.3, -0.25) is 14.3 Å². The SMILES string of the molecule is COC(=O)c1c(NC(=O)C2(C)Oc3ccc(C)cc3NC2=O)c(C)nn1C. The number of amides is 2. The number of methoxy groups -OCH3 is 1. The van der Waals surface area contributed by atoms with Crippen LogP contribution in [0.5, 0.6) is 5.75 Å². The molecule has 2 heterocycles. The Labute approximate surface area is 155 Å². The Morgan fingerprint density at radius 3 is 2.70 bits per heavy atom. The van der Waals surface area contributed by atoms with E-state index in [1.807, 2.05) is 13.0 Å². The minimum absolute atomic E-state index is 0.0687. The molecule has 2 N–H and O–H groups in total. The Kier molecular flexibility index (Phi) is 4.38. The summed E-state index contributed by atoms with van der Waals surface area (Å²) in [5.74, 6) is -1.62. The molecule has 142 valence electrons. The summed E-state index contributed by atoms with van der Waals surface area (Å²) in [5.41, 5.74) is 0.262. The largest absolute Gasteiger partial charge is 0.466 e. The lowest BCUT2D eigenvalue weighted by atomic mass is 10.0. The van der Waals surface area contributed by atoms with E-state index in [0.29, 0.717) is 17.1 Å². The first-order chi connectivity index (χ1) is 12.7. The molecule has 1 atom stereocenters. The van der Waals surface area contributed by atoms with Crippen molar-refractivity contribution in [2.45, 2.75) is 26.4 Å². The number of aromatic nitrogens is 2. The van der Waals surface area contributed by atoms with E-state index in [1.165, 1.54) is 18.7 Å². The zero-order valence-electron chi connectivity index (χ0n) is 15.7. The molecule has 0 fully saturated rings. The van der Waals surface area contributed by atoms with Crippen molar-refractivity contribution in [3.05, 3.63) is 35.2 Å². The van der Waals surface area contributed by atoms with Gasteiger partial charge in [-0.15, -0.1) is 0 Å². The molecule has 0 spiro atoms. The van der Waals surface area contributed by atoms with Gasteiger partial charge in [0.1, 0.15) is 5.75 Å². The van der Waals surface area contributed by atoms with Crippen molar-refractivity contribution in [2.75, 3.05) is 17.7 Å². The van der Waals surface area contributed by atoms with E-state index >= 15 is 0 Å². The average Bonchev–Trinajstić information content (AvgIpc) is 2.89. The molecule has 9 nitrogen and oxygen atoms in total. The highest BCUT2D eigenvalue weighted by atomic mass is 16.5. The van der Waals surface area contributed by atoms with E-state index in [1.54, 1.807) is 26.1 Å². The highest BCUT2D eigenvalue weighted by molar-refractivity contribution is 6.19. The first-order valence-corrected chi connectivity index (χ1v) is 8.22. The number of hydrogen-bond acceptors (Lipinski definition) is 6. The molecular weight excluding hydrogens is 352 g/mol. The topological polar surface area (TPSA) is 112 Å². The molecular formula is C18H20N4O5. The van der Waals surface area contributed by atoms with Crippen molar-refractivity contribution >= 4 is 29.2 Å². The van der Waals surface area contributed by atoms with Gasteiger partial charge < -0.3 is 20.1 Å². The summed E-state index contributed by atoms with van der Waals surface area (Å²) in [7, 11) is 2.78. The van der Waals surface area contributed by atoms with Crippen LogP contribution >= 0.6 is 0 Å². The lowest BCUT2D eigenvalue weighted by Gasteiger charge is -2.33. The van der Waals surface area contributed by atoms with Crippen molar-refractivity contribution in [2.24, 2.45) is 7.05 Å². The van der Waals surface area contributed by atoms with Crippen molar-refractivity contribution in [3.63, 3.8) is 0 Å². The number of esters is 1. The molecule has 1 aromatic heterocycles. The van der Waals surface area contributed by atoms with E-state index in [4.69, 9.17) is 9.47 Å².